The van der Waals surface area contributed by atoms with E-state index in [0.29, 0.717) is 5.92 Å². The van der Waals surface area contributed by atoms with Gasteiger partial charge in [-0.15, -0.1) is 0 Å². The number of hydrogen-bond acceptors (Lipinski definition) is 3. The summed E-state index contributed by atoms with van der Waals surface area (Å²) in [5.74, 6) is 1.60. The highest BCUT2D eigenvalue weighted by atomic mass is 16.5. The Kier molecular flexibility index (Phi) is 3.57. The average molecular weight is 234 g/mol. The molecular weight excluding hydrogens is 212 g/mol. The summed E-state index contributed by atoms with van der Waals surface area (Å²) in [7, 11) is 8.16. The van der Waals surface area contributed by atoms with Crippen molar-refractivity contribution in [2.24, 2.45) is 0 Å². The van der Waals surface area contributed by atoms with E-state index in [-0.39, 0.29) is 0 Å². The molecule has 2 rings (SSSR count). The van der Waals surface area contributed by atoms with Crippen LogP contribution in [0.5, 0.6) is 5.75 Å². The van der Waals surface area contributed by atoms with E-state index in [9.17, 15) is 0 Å². The molecule has 0 aliphatic carbocycles. The molecule has 1 aromatic carbocycles. The maximum Gasteiger partial charge on any atom is 0.119 e. The van der Waals surface area contributed by atoms with Crippen LogP contribution >= 0.6 is 0 Å². The lowest BCUT2D eigenvalue weighted by atomic mass is 9.97. The number of nitrogens with zero attached hydrogens (tertiary/aromatic N) is 2. The Balaban J connectivity index is 2.19. The van der Waals surface area contributed by atoms with Crippen molar-refractivity contribution in [1.29, 1.82) is 0 Å². The minimum absolute atomic E-state index is 0.632. The van der Waals surface area contributed by atoms with E-state index >= 15 is 0 Å². The molecule has 0 N–H and O–H groups in total. The molecule has 0 saturated heterocycles. The van der Waals surface area contributed by atoms with E-state index in [1.165, 1.54) is 17.7 Å². The molecule has 3 nitrogen and oxygen atoms in total. The molecule has 0 unspecified atom stereocenters. The van der Waals surface area contributed by atoms with Crippen LogP contribution in [0, 0.1) is 0 Å². The first-order valence-electron chi connectivity index (χ1n) is 6.15. The highest BCUT2D eigenvalue weighted by Gasteiger charge is 2.26. The zero-order valence-electron chi connectivity index (χ0n) is 11.2. The minimum atomic E-state index is 0.632. The standard InChI is InChI=1S/C14H22N2O/c1-15(2)8-7-11-10-16(3)14-6-5-12(17-4)9-13(11)14/h5-6,9,11H,7-8,10H2,1-4H3/t11-/m1/s1. The molecule has 0 saturated carbocycles. The van der Waals surface area contributed by atoms with E-state index in [4.69, 9.17) is 4.74 Å². The normalized spacial score (nSPS) is 18.6. The third kappa shape index (κ3) is 2.55. The monoisotopic (exact) mass is 234 g/mol. The number of likely N-dealkylation sites (N-methyl/N-ethyl adjacent to an activating group) is 1. The predicted octanol–water partition coefficient (Wildman–Crippen LogP) is 2.18. The minimum Gasteiger partial charge on any atom is -0.497 e. The number of hydrogen-bond donors (Lipinski definition) is 0. The Morgan fingerprint density at radius 1 is 1.41 bits per heavy atom. The predicted molar refractivity (Wildman–Crippen MR) is 72.2 cm³/mol. The Bertz CT molecular complexity index is 390. The molecule has 0 radical (unpaired) electrons. The van der Waals surface area contributed by atoms with Crippen LogP contribution in [-0.4, -0.2) is 46.2 Å². The Morgan fingerprint density at radius 3 is 2.82 bits per heavy atom. The lowest BCUT2D eigenvalue weighted by Gasteiger charge is -2.15. The van der Waals surface area contributed by atoms with Crippen LogP contribution in [0.3, 0.4) is 0 Å². The fourth-order valence-electron chi connectivity index (χ4n) is 2.52. The van der Waals surface area contributed by atoms with Gasteiger partial charge in [0.25, 0.3) is 0 Å². The summed E-state index contributed by atoms with van der Waals surface area (Å²) in [5.41, 5.74) is 2.79. The molecule has 17 heavy (non-hydrogen) atoms. The molecule has 94 valence electrons. The van der Waals surface area contributed by atoms with E-state index in [1.54, 1.807) is 7.11 Å². The molecule has 3 heteroatoms. The van der Waals surface area contributed by atoms with Gasteiger partial charge in [0.1, 0.15) is 5.75 Å². The Morgan fingerprint density at radius 2 is 2.18 bits per heavy atom. The van der Waals surface area contributed by atoms with Crippen molar-refractivity contribution in [2.75, 3.05) is 46.2 Å². The topological polar surface area (TPSA) is 15.7 Å². The quantitative estimate of drug-likeness (QED) is 0.794. The second-order valence-corrected chi connectivity index (χ2v) is 5.09. The fourth-order valence-corrected chi connectivity index (χ4v) is 2.52. The number of rotatable bonds is 4. The first-order chi connectivity index (χ1) is 8.11. The molecular formula is C14H22N2O. The Labute approximate surface area is 104 Å². The van der Waals surface area contributed by atoms with Crippen LogP contribution < -0.4 is 9.64 Å². The van der Waals surface area contributed by atoms with Crippen molar-refractivity contribution in [3.63, 3.8) is 0 Å². The van der Waals surface area contributed by atoms with Gasteiger partial charge in [0.15, 0.2) is 0 Å². The molecule has 1 aliphatic heterocycles. The maximum atomic E-state index is 5.32. The van der Waals surface area contributed by atoms with Gasteiger partial charge in [-0.3, -0.25) is 0 Å². The van der Waals surface area contributed by atoms with Gasteiger partial charge in [0.2, 0.25) is 0 Å². The summed E-state index contributed by atoms with van der Waals surface area (Å²) in [6, 6.07) is 6.41. The first kappa shape index (κ1) is 12.2. The molecule has 0 bridgehead atoms. The van der Waals surface area contributed by atoms with Crippen LogP contribution in [0.15, 0.2) is 18.2 Å². The van der Waals surface area contributed by atoms with Crippen LogP contribution in [-0.2, 0) is 0 Å². The van der Waals surface area contributed by atoms with Crippen molar-refractivity contribution in [3.05, 3.63) is 23.8 Å². The maximum absolute atomic E-state index is 5.32. The summed E-state index contributed by atoms with van der Waals surface area (Å²) >= 11 is 0. The molecule has 1 aliphatic rings. The van der Waals surface area contributed by atoms with Gasteiger partial charge in [0, 0.05) is 25.2 Å². The molecule has 1 heterocycles. The number of methoxy groups -OCH3 is 1. The lowest BCUT2D eigenvalue weighted by molar-refractivity contribution is 0.383. The van der Waals surface area contributed by atoms with Crippen molar-refractivity contribution in [1.82, 2.24) is 4.90 Å². The zero-order valence-corrected chi connectivity index (χ0v) is 11.2. The summed E-state index contributed by atoms with van der Waals surface area (Å²) in [6.07, 6.45) is 1.21. The number of ether oxygens (including phenoxy) is 1. The highest BCUT2D eigenvalue weighted by Crippen LogP contribution is 2.39. The van der Waals surface area contributed by atoms with E-state index in [1.807, 2.05) is 6.07 Å². The molecule has 0 amide bonds. The highest BCUT2D eigenvalue weighted by molar-refractivity contribution is 5.61. The molecule has 1 atom stereocenters. The summed E-state index contributed by atoms with van der Waals surface area (Å²) < 4.78 is 5.32. The van der Waals surface area contributed by atoms with Crippen LogP contribution in [0.25, 0.3) is 0 Å². The first-order valence-corrected chi connectivity index (χ1v) is 6.15. The van der Waals surface area contributed by atoms with Gasteiger partial charge in [-0.05, 0) is 50.8 Å². The van der Waals surface area contributed by atoms with Crippen molar-refractivity contribution in [3.8, 4) is 5.75 Å². The second kappa shape index (κ2) is 4.96. The molecule has 0 spiro atoms. The van der Waals surface area contributed by atoms with Gasteiger partial charge in [-0.2, -0.15) is 0 Å². The zero-order chi connectivity index (χ0) is 12.4. The Hall–Kier alpha value is -1.22. The van der Waals surface area contributed by atoms with Gasteiger partial charge in [0.05, 0.1) is 7.11 Å². The molecule has 0 fully saturated rings. The third-order valence-corrected chi connectivity index (χ3v) is 3.50. The SMILES string of the molecule is COc1ccc2c(c1)[C@H](CCN(C)C)CN2C. The van der Waals surface area contributed by atoms with Gasteiger partial charge >= 0.3 is 0 Å². The number of benzene rings is 1. The average Bonchev–Trinajstić information content (AvgIpc) is 2.63. The lowest BCUT2D eigenvalue weighted by Crippen LogP contribution is -2.19. The summed E-state index contributed by atoms with van der Waals surface area (Å²) in [6.45, 7) is 2.26. The van der Waals surface area contributed by atoms with Crippen LogP contribution in [0.2, 0.25) is 0 Å². The van der Waals surface area contributed by atoms with Crippen molar-refractivity contribution < 1.29 is 4.74 Å². The van der Waals surface area contributed by atoms with Gasteiger partial charge in [-0.1, -0.05) is 0 Å². The molecule has 1 aromatic rings. The van der Waals surface area contributed by atoms with E-state index in [0.717, 1.165) is 18.8 Å². The van der Waals surface area contributed by atoms with E-state index < -0.39 is 0 Å². The number of anilines is 1. The van der Waals surface area contributed by atoms with Crippen molar-refractivity contribution >= 4 is 5.69 Å². The van der Waals surface area contributed by atoms with Gasteiger partial charge in [-0.25, -0.2) is 0 Å². The largest absolute Gasteiger partial charge is 0.497 e. The summed E-state index contributed by atoms with van der Waals surface area (Å²) in [5, 5.41) is 0. The third-order valence-electron chi connectivity index (χ3n) is 3.50. The number of fused-ring (bicyclic) bond motifs is 1. The smallest absolute Gasteiger partial charge is 0.119 e. The van der Waals surface area contributed by atoms with E-state index in [2.05, 4.69) is 43.1 Å². The second-order valence-electron chi connectivity index (χ2n) is 5.09. The van der Waals surface area contributed by atoms with Crippen LogP contribution in [0.4, 0.5) is 5.69 Å². The van der Waals surface area contributed by atoms with Crippen LogP contribution in [0.1, 0.15) is 17.9 Å². The summed E-state index contributed by atoms with van der Waals surface area (Å²) in [4.78, 5) is 4.59. The molecule has 0 aromatic heterocycles. The fraction of sp³-hybridized carbons (Fsp3) is 0.571. The van der Waals surface area contributed by atoms with Gasteiger partial charge < -0.3 is 14.5 Å². The van der Waals surface area contributed by atoms with Crippen molar-refractivity contribution in [2.45, 2.75) is 12.3 Å².